The van der Waals surface area contributed by atoms with Gasteiger partial charge in [-0.25, -0.2) is 8.42 Å². The summed E-state index contributed by atoms with van der Waals surface area (Å²) in [5, 5.41) is -0.764. The third-order valence-electron chi connectivity index (χ3n) is 6.27. The van der Waals surface area contributed by atoms with E-state index in [1.165, 1.54) is 64.2 Å². The smallest absolute Gasteiger partial charge is 0.179 e. The normalized spacial score (nSPS) is 13.7. The zero-order valence-corrected chi connectivity index (χ0v) is 20.9. The minimum Gasteiger partial charge on any atom is -0.743 e. The average molecular weight is 434 g/mol. The summed E-state index contributed by atoms with van der Waals surface area (Å²) >= 11 is 0. The van der Waals surface area contributed by atoms with E-state index >= 15 is 0 Å². The predicted octanol–water partition coefficient (Wildman–Crippen LogP) is 7.00. The van der Waals surface area contributed by atoms with Gasteiger partial charge in [0.2, 0.25) is 0 Å². The molecule has 4 nitrogen and oxygen atoms in total. The second-order valence-electron chi connectivity index (χ2n) is 9.01. The fraction of sp³-hybridized carbons (Fsp3) is 1.00. The van der Waals surface area contributed by atoms with Crippen LogP contribution in [-0.4, -0.2) is 42.5 Å². The Balaban J connectivity index is 4.37. The van der Waals surface area contributed by atoms with Crippen LogP contribution < -0.4 is 0 Å². The molecule has 0 aromatic carbocycles. The summed E-state index contributed by atoms with van der Waals surface area (Å²) in [6, 6.07) is 0. The molecule has 0 saturated carbocycles. The summed E-state index contributed by atoms with van der Waals surface area (Å²) < 4.78 is 36.7. The summed E-state index contributed by atoms with van der Waals surface area (Å²) in [4.78, 5) is 0. The van der Waals surface area contributed by atoms with Crippen LogP contribution >= 0.6 is 0 Å². The predicted molar refractivity (Wildman–Crippen MR) is 125 cm³/mol. The second kappa shape index (κ2) is 17.5. The van der Waals surface area contributed by atoms with Gasteiger partial charge in [0.15, 0.2) is 5.37 Å². The molecular formula is C24H51NO3S. The zero-order chi connectivity index (χ0) is 22.0. The summed E-state index contributed by atoms with van der Waals surface area (Å²) in [5.74, 6) is 0. The van der Waals surface area contributed by atoms with Crippen molar-refractivity contribution in [3.8, 4) is 0 Å². The molecule has 0 amide bonds. The second-order valence-corrected chi connectivity index (χ2v) is 10.5. The van der Waals surface area contributed by atoms with Crippen molar-refractivity contribution < 1.29 is 17.5 Å². The van der Waals surface area contributed by atoms with Crippen molar-refractivity contribution in [2.24, 2.45) is 0 Å². The Labute approximate surface area is 183 Å². The van der Waals surface area contributed by atoms with Gasteiger partial charge in [-0.15, -0.1) is 0 Å². The molecule has 0 N–H and O–H groups in total. The molecule has 0 rings (SSSR count). The molecule has 0 aliphatic heterocycles. The van der Waals surface area contributed by atoms with Crippen molar-refractivity contribution in [2.45, 2.75) is 136 Å². The van der Waals surface area contributed by atoms with E-state index in [9.17, 15) is 13.0 Å². The fourth-order valence-corrected chi connectivity index (χ4v) is 6.25. The van der Waals surface area contributed by atoms with E-state index in [0.717, 1.165) is 51.7 Å². The summed E-state index contributed by atoms with van der Waals surface area (Å²) in [5.41, 5.74) is 0. The molecule has 0 aromatic heterocycles. The maximum atomic E-state index is 12.1. The third kappa shape index (κ3) is 13.0. The van der Waals surface area contributed by atoms with Crippen LogP contribution in [0.3, 0.4) is 0 Å². The fourth-order valence-electron chi connectivity index (χ4n) is 4.86. The molecule has 29 heavy (non-hydrogen) atoms. The van der Waals surface area contributed by atoms with E-state index in [-0.39, 0.29) is 0 Å². The number of rotatable bonds is 21. The SMILES string of the molecule is CCCCCCCCCCCCCC[N+](CCC)(CCC)C(CCC)S(=O)(=O)[O-]. The average Bonchev–Trinajstić information content (AvgIpc) is 2.66. The molecule has 0 spiro atoms. The molecule has 0 heterocycles. The van der Waals surface area contributed by atoms with Crippen molar-refractivity contribution in [1.29, 1.82) is 0 Å². The Hall–Kier alpha value is -0.130. The van der Waals surface area contributed by atoms with E-state index in [2.05, 4.69) is 20.8 Å². The highest BCUT2D eigenvalue weighted by Crippen LogP contribution is 2.26. The Kier molecular flexibility index (Phi) is 17.5. The van der Waals surface area contributed by atoms with Crippen LogP contribution in [-0.2, 0) is 10.1 Å². The number of hydrogen-bond acceptors (Lipinski definition) is 3. The molecule has 0 bridgehead atoms. The van der Waals surface area contributed by atoms with Gasteiger partial charge in [-0.3, -0.25) is 0 Å². The van der Waals surface area contributed by atoms with Gasteiger partial charge in [0, 0.05) is 6.42 Å². The van der Waals surface area contributed by atoms with Gasteiger partial charge in [-0.05, 0) is 32.1 Å². The van der Waals surface area contributed by atoms with Crippen molar-refractivity contribution in [3.05, 3.63) is 0 Å². The molecule has 176 valence electrons. The minimum absolute atomic E-state index is 0.490. The molecule has 1 unspecified atom stereocenters. The Morgan fingerprint density at radius 2 is 1.00 bits per heavy atom. The molecule has 0 fully saturated rings. The molecule has 0 saturated heterocycles. The van der Waals surface area contributed by atoms with Gasteiger partial charge in [0.05, 0.1) is 19.6 Å². The Morgan fingerprint density at radius 3 is 1.34 bits per heavy atom. The lowest BCUT2D eigenvalue weighted by Gasteiger charge is -2.45. The highest BCUT2D eigenvalue weighted by Gasteiger charge is 2.38. The lowest BCUT2D eigenvalue weighted by molar-refractivity contribution is -0.939. The van der Waals surface area contributed by atoms with Gasteiger partial charge < -0.3 is 9.04 Å². The topological polar surface area (TPSA) is 57.2 Å². The zero-order valence-electron chi connectivity index (χ0n) is 20.1. The standard InChI is InChI=1S/C24H51NO3S/c1-5-9-10-11-12-13-14-15-16-17-18-19-23-25(21-7-3,22-8-4)24(20-6-2)29(26,27)28/h24H,5-23H2,1-4H3. The summed E-state index contributed by atoms with van der Waals surface area (Å²) in [6.45, 7) is 10.9. The van der Waals surface area contributed by atoms with Crippen LogP contribution in [0.25, 0.3) is 0 Å². The Morgan fingerprint density at radius 1 is 0.586 bits per heavy atom. The van der Waals surface area contributed by atoms with Gasteiger partial charge >= 0.3 is 0 Å². The summed E-state index contributed by atoms with van der Waals surface area (Å²) in [7, 11) is -4.27. The molecule has 0 radical (unpaired) electrons. The van der Waals surface area contributed by atoms with E-state index < -0.39 is 15.5 Å². The first-order chi connectivity index (χ1) is 13.9. The van der Waals surface area contributed by atoms with Crippen molar-refractivity contribution in [3.63, 3.8) is 0 Å². The quantitative estimate of drug-likeness (QED) is 0.111. The van der Waals surface area contributed by atoms with E-state index in [1.807, 2.05) is 6.92 Å². The lowest BCUT2D eigenvalue weighted by Crippen LogP contribution is -2.59. The van der Waals surface area contributed by atoms with Gasteiger partial charge in [-0.2, -0.15) is 0 Å². The van der Waals surface area contributed by atoms with Gasteiger partial charge in [0.1, 0.15) is 10.1 Å². The lowest BCUT2D eigenvalue weighted by atomic mass is 10.0. The highest BCUT2D eigenvalue weighted by atomic mass is 32.2. The first-order valence-electron chi connectivity index (χ1n) is 12.7. The van der Waals surface area contributed by atoms with E-state index in [0.29, 0.717) is 10.9 Å². The first kappa shape index (κ1) is 28.9. The monoisotopic (exact) mass is 433 g/mol. The molecule has 0 aliphatic carbocycles. The maximum Gasteiger partial charge on any atom is 0.179 e. The third-order valence-corrected chi connectivity index (χ3v) is 7.62. The maximum absolute atomic E-state index is 12.1. The highest BCUT2D eigenvalue weighted by molar-refractivity contribution is 7.86. The van der Waals surface area contributed by atoms with Crippen LogP contribution in [0.4, 0.5) is 0 Å². The largest absolute Gasteiger partial charge is 0.743 e. The number of nitrogens with zero attached hydrogens (tertiary/aromatic N) is 1. The number of hydrogen-bond donors (Lipinski definition) is 0. The van der Waals surface area contributed by atoms with Crippen LogP contribution in [0.1, 0.15) is 130 Å². The van der Waals surface area contributed by atoms with Crippen LogP contribution in [0.15, 0.2) is 0 Å². The van der Waals surface area contributed by atoms with E-state index in [1.54, 1.807) is 0 Å². The molecule has 1 atom stereocenters. The van der Waals surface area contributed by atoms with Crippen molar-refractivity contribution >= 4 is 10.1 Å². The van der Waals surface area contributed by atoms with Crippen LogP contribution in [0, 0.1) is 0 Å². The van der Waals surface area contributed by atoms with Crippen molar-refractivity contribution in [1.82, 2.24) is 0 Å². The molecule has 5 heteroatoms. The van der Waals surface area contributed by atoms with E-state index in [4.69, 9.17) is 0 Å². The molecular weight excluding hydrogens is 382 g/mol. The number of quaternary nitrogens is 1. The first-order valence-corrected chi connectivity index (χ1v) is 14.2. The van der Waals surface area contributed by atoms with Gasteiger partial charge in [0.25, 0.3) is 0 Å². The summed E-state index contributed by atoms with van der Waals surface area (Å²) in [6.07, 6.45) is 18.7. The van der Waals surface area contributed by atoms with Crippen LogP contribution in [0.5, 0.6) is 0 Å². The molecule has 0 aromatic rings. The van der Waals surface area contributed by atoms with Gasteiger partial charge in [-0.1, -0.05) is 91.9 Å². The Bertz CT molecular complexity index is 459. The molecule has 0 aliphatic rings. The number of unbranched alkanes of at least 4 members (excludes halogenated alkanes) is 11. The minimum atomic E-state index is -4.27. The van der Waals surface area contributed by atoms with Crippen LogP contribution in [0.2, 0.25) is 0 Å². The van der Waals surface area contributed by atoms with Crippen molar-refractivity contribution in [2.75, 3.05) is 19.6 Å².